The van der Waals surface area contributed by atoms with Crippen molar-refractivity contribution in [3.63, 3.8) is 0 Å². The van der Waals surface area contributed by atoms with Gasteiger partial charge in [-0.2, -0.15) is 0 Å². The summed E-state index contributed by atoms with van der Waals surface area (Å²) in [7, 11) is 0. The van der Waals surface area contributed by atoms with E-state index < -0.39 is 5.97 Å². The van der Waals surface area contributed by atoms with E-state index in [-0.39, 0.29) is 12.5 Å². The van der Waals surface area contributed by atoms with Gasteiger partial charge in [0.25, 0.3) is 5.91 Å². The van der Waals surface area contributed by atoms with Crippen LogP contribution in [0.2, 0.25) is 0 Å². The number of esters is 1. The van der Waals surface area contributed by atoms with Crippen LogP contribution in [0.5, 0.6) is 5.75 Å². The zero-order valence-electron chi connectivity index (χ0n) is 15.3. The maximum absolute atomic E-state index is 12.4. The van der Waals surface area contributed by atoms with Gasteiger partial charge in [-0.1, -0.05) is 38.5 Å². The predicted octanol–water partition coefficient (Wildman–Crippen LogP) is 4.22. The number of aryl methyl sites for hydroxylation is 1. The fourth-order valence-corrected chi connectivity index (χ4v) is 2.36. The molecule has 26 heavy (non-hydrogen) atoms. The Morgan fingerprint density at radius 2 is 1.73 bits per heavy atom. The van der Waals surface area contributed by atoms with Gasteiger partial charge in [-0.3, -0.25) is 4.79 Å². The first kappa shape index (κ1) is 19.5. The number of unbranched alkanes of at least 4 members (excludes halogenated alkanes) is 1. The number of amides is 1. The Kier molecular flexibility index (Phi) is 7.68. The number of rotatable bonds is 9. The minimum Gasteiger partial charge on any atom is -0.482 e. The van der Waals surface area contributed by atoms with Crippen molar-refractivity contribution in [3.8, 4) is 5.75 Å². The monoisotopic (exact) mass is 355 g/mol. The predicted molar refractivity (Wildman–Crippen MR) is 102 cm³/mol. The van der Waals surface area contributed by atoms with Crippen molar-refractivity contribution in [1.82, 2.24) is 0 Å². The summed E-state index contributed by atoms with van der Waals surface area (Å²) in [4.78, 5) is 23.9. The lowest BCUT2D eigenvalue weighted by Crippen LogP contribution is -2.16. The van der Waals surface area contributed by atoms with Crippen LogP contribution in [0.3, 0.4) is 0 Å². The van der Waals surface area contributed by atoms with Crippen LogP contribution in [0.4, 0.5) is 5.69 Å². The van der Waals surface area contributed by atoms with Crippen LogP contribution in [0, 0.1) is 0 Å². The molecule has 0 radical (unpaired) electrons. The molecule has 138 valence electrons. The molecular formula is C21H25NO4. The van der Waals surface area contributed by atoms with Crippen molar-refractivity contribution in [2.45, 2.75) is 33.1 Å². The van der Waals surface area contributed by atoms with Crippen LogP contribution in [-0.4, -0.2) is 25.1 Å². The molecule has 0 bridgehead atoms. The third-order valence-corrected chi connectivity index (χ3v) is 3.88. The van der Waals surface area contributed by atoms with Gasteiger partial charge in [0.05, 0.1) is 6.61 Å². The van der Waals surface area contributed by atoms with Gasteiger partial charge in [0.1, 0.15) is 5.75 Å². The lowest BCUT2D eigenvalue weighted by atomic mass is 10.1. The molecule has 0 saturated heterocycles. The Labute approximate surface area is 154 Å². The van der Waals surface area contributed by atoms with E-state index in [1.807, 2.05) is 38.1 Å². The van der Waals surface area contributed by atoms with Crippen molar-refractivity contribution in [1.29, 1.82) is 0 Å². The smallest absolute Gasteiger partial charge is 0.344 e. The van der Waals surface area contributed by atoms with Crippen molar-refractivity contribution < 1.29 is 19.1 Å². The van der Waals surface area contributed by atoms with Crippen molar-refractivity contribution in [2.75, 3.05) is 18.5 Å². The quantitative estimate of drug-likeness (QED) is 0.540. The molecule has 2 rings (SSSR count). The molecule has 0 fully saturated rings. The second-order valence-corrected chi connectivity index (χ2v) is 5.85. The van der Waals surface area contributed by atoms with Crippen LogP contribution < -0.4 is 10.1 Å². The van der Waals surface area contributed by atoms with Gasteiger partial charge < -0.3 is 14.8 Å². The van der Waals surface area contributed by atoms with E-state index in [9.17, 15) is 9.59 Å². The van der Waals surface area contributed by atoms with E-state index >= 15 is 0 Å². The maximum Gasteiger partial charge on any atom is 0.344 e. The number of carbonyl (C=O) groups is 2. The number of nitrogens with one attached hydrogen (secondary N) is 1. The first-order valence-electron chi connectivity index (χ1n) is 8.91. The van der Waals surface area contributed by atoms with Gasteiger partial charge in [0, 0.05) is 11.3 Å². The summed E-state index contributed by atoms with van der Waals surface area (Å²) in [6.07, 6.45) is 2.66. The lowest BCUT2D eigenvalue weighted by molar-refractivity contribution is -0.146. The number of hydrogen-bond acceptors (Lipinski definition) is 4. The Morgan fingerprint density at radius 3 is 2.42 bits per heavy atom. The summed E-state index contributed by atoms with van der Waals surface area (Å²) in [6, 6.07) is 14.4. The molecule has 0 aliphatic carbocycles. The fraction of sp³-hybridized carbons (Fsp3) is 0.333. The normalized spacial score (nSPS) is 10.2. The number of carbonyl (C=O) groups excluding carboxylic acids is 2. The number of benzene rings is 2. The summed E-state index contributed by atoms with van der Waals surface area (Å²) in [6.45, 7) is 4.35. The molecule has 0 heterocycles. The fourth-order valence-electron chi connectivity index (χ4n) is 2.36. The van der Waals surface area contributed by atoms with E-state index in [0.717, 1.165) is 30.5 Å². The third kappa shape index (κ3) is 5.92. The Hall–Kier alpha value is -2.82. The van der Waals surface area contributed by atoms with Gasteiger partial charge in [-0.15, -0.1) is 0 Å². The molecule has 0 saturated carbocycles. The van der Waals surface area contributed by atoms with E-state index in [4.69, 9.17) is 9.47 Å². The Balaban J connectivity index is 1.88. The molecule has 0 atom stereocenters. The summed E-state index contributed by atoms with van der Waals surface area (Å²) in [5.41, 5.74) is 2.42. The minimum absolute atomic E-state index is 0.140. The SMILES string of the molecule is CCCCOC(=O)COc1ccc(C(=O)Nc2ccccc2CC)cc1. The second-order valence-electron chi connectivity index (χ2n) is 5.85. The van der Waals surface area contributed by atoms with Gasteiger partial charge in [0.2, 0.25) is 0 Å². The van der Waals surface area contributed by atoms with E-state index in [2.05, 4.69) is 5.32 Å². The molecule has 0 aliphatic rings. The van der Waals surface area contributed by atoms with Crippen molar-refractivity contribution >= 4 is 17.6 Å². The molecule has 2 aromatic rings. The highest BCUT2D eigenvalue weighted by Crippen LogP contribution is 2.18. The number of para-hydroxylation sites is 1. The van der Waals surface area contributed by atoms with E-state index in [1.54, 1.807) is 24.3 Å². The first-order valence-corrected chi connectivity index (χ1v) is 8.91. The zero-order chi connectivity index (χ0) is 18.8. The first-order chi connectivity index (χ1) is 12.6. The second kappa shape index (κ2) is 10.2. The molecule has 0 spiro atoms. The topological polar surface area (TPSA) is 64.6 Å². The minimum atomic E-state index is -0.392. The van der Waals surface area contributed by atoms with Crippen LogP contribution in [-0.2, 0) is 16.0 Å². The Bertz CT molecular complexity index is 725. The molecule has 0 unspecified atom stereocenters. The highest BCUT2D eigenvalue weighted by Gasteiger charge is 2.09. The van der Waals surface area contributed by atoms with Gasteiger partial charge >= 0.3 is 5.97 Å². The highest BCUT2D eigenvalue weighted by molar-refractivity contribution is 6.04. The number of hydrogen-bond donors (Lipinski definition) is 1. The standard InChI is InChI=1S/C21H25NO4/c1-3-5-14-25-20(23)15-26-18-12-10-17(11-13-18)21(24)22-19-9-7-6-8-16(19)4-2/h6-13H,3-5,14-15H2,1-2H3,(H,22,24). The van der Waals surface area contributed by atoms with Crippen molar-refractivity contribution in [3.05, 3.63) is 59.7 Å². The average molecular weight is 355 g/mol. The summed E-state index contributed by atoms with van der Waals surface area (Å²) >= 11 is 0. The largest absolute Gasteiger partial charge is 0.482 e. The lowest BCUT2D eigenvalue weighted by Gasteiger charge is -2.10. The third-order valence-electron chi connectivity index (χ3n) is 3.88. The van der Waals surface area contributed by atoms with Gasteiger partial charge in [0.15, 0.2) is 6.61 Å². The van der Waals surface area contributed by atoms with Crippen LogP contribution >= 0.6 is 0 Å². The summed E-state index contributed by atoms with van der Waals surface area (Å²) < 4.78 is 10.4. The van der Waals surface area contributed by atoms with Gasteiger partial charge in [-0.05, 0) is 48.7 Å². The molecule has 5 heteroatoms. The van der Waals surface area contributed by atoms with Crippen LogP contribution in [0.15, 0.2) is 48.5 Å². The maximum atomic E-state index is 12.4. The molecule has 1 N–H and O–H groups in total. The molecule has 2 aromatic carbocycles. The Morgan fingerprint density at radius 1 is 1.00 bits per heavy atom. The van der Waals surface area contributed by atoms with Crippen LogP contribution in [0.1, 0.15) is 42.6 Å². The zero-order valence-corrected chi connectivity index (χ0v) is 15.3. The number of anilines is 1. The highest BCUT2D eigenvalue weighted by atomic mass is 16.6. The number of ether oxygens (including phenoxy) is 2. The summed E-state index contributed by atoms with van der Waals surface area (Å²) in [5, 5.41) is 2.92. The molecule has 1 amide bonds. The van der Waals surface area contributed by atoms with Gasteiger partial charge in [-0.25, -0.2) is 4.79 Å². The molecule has 0 aromatic heterocycles. The molecule has 0 aliphatic heterocycles. The van der Waals surface area contributed by atoms with E-state index in [1.165, 1.54) is 0 Å². The molecular weight excluding hydrogens is 330 g/mol. The van der Waals surface area contributed by atoms with Crippen molar-refractivity contribution in [2.24, 2.45) is 0 Å². The summed E-state index contributed by atoms with van der Waals surface area (Å²) in [5.74, 6) is -0.0594. The average Bonchev–Trinajstić information content (AvgIpc) is 2.67. The van der Waals surface area contributed by atoms with Crippen LogP contribution in [0.25, 0.3) is 0 Å². The van der Waals surface area contributed by atoms with E-state index in [0.29, 0.717) is 17.9 Å². The molecule has 5 nitrogen and oxygen atoms in total.